The van der Waals surface area contributed by atoms with Gasteiger partial charge >= 0.3 is 6.03 Å². The predicted octanol–water partition coefficient (Wildman–Crippen LogP) is 3.05. The summed E-state index contributed by atoms with van der Waals surface area (Å²) < 4.78 is 0. The molecule has 4 amide bonds. The molecule has 6 nitrogen and oxygen atoms in total. The Morgan fingerprint density at radius 1 is 1.15 bits per heavy atom. The topological polar surface area (TPSA) is 78.5 Å². The van der Waals surface area contributed by atoms with Crippen molar-refractivity contribution in [1.29, 1.82) is 0 Å². The van der Waals surface area contributed by atoms with Crippen LogP contribution in [0.1, 0.15) is 18.1 Å². The third-order valence-electron chi connectivity index (χ3n) is 4.42. The van der Waals surface area contributed by atoms with Gasteiger partial charge in [0.15, 0.2) is 0 Å². The number of urea groups is 1. The summed E-state index contributed by atoms with van der Waals surface area (Å²) in [5.41, 5.74) is 0.904. The highest BCUT2D eigenvalue weighted by Crippen LogP contribution is 2.29. The van der Waals surface area contributed by atoms with Crippen LogP contribution in [0.4, 0.5) is 10.5 Å². The fourth-order valence-electron chi connectivity index (χ4n) is 2.87. The number of hydrogen-bond acceptors (Lipinski definition) is 3. The molecule has 1 heterocycles. The molecule has 0 aliphatic carbocycles. The van der Waals surface area contributed by atoms with E-state index in [1.807, 2.05) is 19.1 Å². The van der Waals surface area contributed by atoms with Crippen LogP contribution in [0.5, 0.6) is 0 Å². The molecule has 2 N–H and O–H groups in total. The largest absolute Gasteiger partial charge is 0.325 e. The van der Waals surface area contributed by atoms with Crippen molar-refractivity contribution >= 4 is 35.1 Å². The molecule has 0 spiro atoms. The summed E-state index contributed by atoms with van der Waals surface area (Å²) in [6.07, 6.45) is 0. The highest BCUT2D eigenvalue weighted by Gasteiger charge is 2.49. The van der Waals surface area contributed by atoms with Crippen LogP contribution in [0.3, 0.4) is 0 Å². The van der Waals surface area contributed by atoms with Crippen LogP contribution in [-0.4, -0.2) is 29.3 Å². The zero-order valence-corrected chi connectivity index (χ0v) is 15.1. The minimum atomic E-state index is -1.23. The number of imide groups is 1. The molecular weight excluding hydrogens is 354 g/mol. The van der Waals surface area contributed by atoms with Crippen molar-refractivity contribution in [3.05, 3.63) is 64.7 Å². The van der Waals surface area contributed by atoms with Gasteiger partial charge in [-0.1, -0.05) is 41.9 Å². The number of benzene rings is 2. The molecule has 0 bridgehead atoms. The van der Waals surface area contributed by atoms with Gasteiger partial charge in [-0.2, -0.15) is 0 Å². The molecule has 1 atom stereocenters. The van der Waals surface area contributed by atoms with Gasteiger partial charge in [0.1, 0.15) is 12.1 Å². The van der Waals surface area contributed by atoms with Crippen LogP contribution < -0.4 is 10.6 Å². The van der Waals surface area contributed by atoms with Crippen molar-refractivity contribution < 1.29 is 14.4 Å². The molecule has 0 saturated carbocycles. The van der Waals surface area contributed by atoms with Crippen molar-refractivity contribution in [3.63, 3.8) is 0 Å². The van der Waals surface area contributed by atoms with E-state index < -0.39 is 23.4 Å². The van der Waals surface area contributed by atoms with Crippen molar-refractivity contribution in [1.82, 2.24) is 10.2 Å². The van der Waals surface area contributed by atoms with Crippen molar-refractivity contribution in [2.24, 2.45) is 0 Å². The lowest BCUT2D eigenvalue weighted by atomic mass is 9.92. The smallest absolute Gasteiger partial charge is 0.324 e. The van der Waals surface area contributed by atoms with Crippen LogP contribution in [0.15, 0.2) is 48.5 Å². The fourth-order valence-corrected chi connectivity index (χ4v) is 2.99. The van der Waals surface area contributed by atoms with E-state index in [9.17, 15) is 14.4 Å². The summed E-state index contributed by atoms with van der Waals surface area (Å²) in [4.78, 5) is 38.3. The average molecular weight is 372 g/mol. The van der Waals surface area contributed by atoms with Crippen LogP contribution in [-0.2, 0) is 15.1 Å². The molecule has 1 saturated heterocycles. The summed E-state index contributed by atoms with van der Waals surface area (Å²) in [5, 5.41) is 5.91. The molecule has 3 rings (SSSR count). The van der Waals surface area contributed by atoms with Gasteiger partial charge in [0, 0.05) is 10.7 Å². The molecule has 0 radical (unpaired) electrons. The highest BCUT2D eigenvalue weighted by atomic mass is 35.5. The minimum Gasteiger partial charge on any atom is -0.324 e. The molecule has 1 aliphatic rings. The molecule has 1 fully saturated rings. The number of amides is 4. The first kappa shape index (κ1) is 17.9. The average Bonchev–Trinajstić information content (AvgIpc) is 2.82. The molecule has 1 unspecified atom stereocenters. The molecule has 1 aliphatic heterocycles. The Labute approximate surface area is 156 Å². The Morgan fingerprint density at radius 3 is 2.46 bits per heavy atom. The second-order valence-electron chi connectivity index (χ2n) is 6.32. The second-order valence-corrected chi connectivity index (χ2v) is 6.75. The maximum Gasteiger partial charge on any atom is 0.325 e. The van der Waals surface area contributed by atoms with Crippen molar-refractivity contribution in [2.45, 2.75) is 19.4 Å². The van der Waals surface area contributed by atoms with Crippen molar-refractivity contribution in [3.8, 4) is 0 Å². The number of rotatable bonds is 4. The molecule has 2 aromatic carbocycles. The maximum absolute atomic E-state index is 12.8. The van der Waals surface area contributed by atoms with Gasteiger partial charge in [0.25, 0.3) is 5.91 Å². The molecule has 2 aromatic rings. The van der Waals surface area contributed by atoms with Gasteiger partial charge in [-0.25, -0.2) is 4.79 Å². The number of carbonyl (C=O) groups is 3. The van der Waals surface area contributed by atoms with E-state index in [1.54, 1.807) is 43.3 Å². The first-order chi connectivity index (χ1) is 12.3. The van der Waals surface area contributed by atoms with Crippen LogP contribution in [0, 0.1) is 6.92 Å². The number of halogens is 1. The van der Waals surface area contributed by atoms with E-state index in [4.69, 9.17) is 11.6 Å². The monoisotopic (exact) mass is 371 g/mol. The van der Waals surface area contributed by atoms with Crippen molar-refractivity contribution in [2.75, 3.05) is 11.9 Å². The van der Waals surface area contributed by atoms with E-state index in [1.165, 1.54) is 0 Å². The van der Waals surface area contributed by atoms with Gasteiger partial charge in [0.05, 0.1) is 0 Å². The first-order valence-corrected chi connectivity index (χ1v) is 8.45. The second kappa shape index (κ2) is 6.80. The quantitative estimate of drug-likeness (QED) is 0.811. The number of anilines is 1. The fraction of sp³-hybridized carbons (Fsp3) is 0.211. The Kier molecular flexibility index (Phi) is 4.70. The molecule has 26 heavy (non-hydrogen) atoms. The minimum absolute atomic E-state index is 0.359. The van der Waals surface area contributed by atoms with E-state index in [-0.39, 0.29) is 6.54 Å². The standard InChI is InChI=1S/C19H18ClN3O3/c1-12-5-3-4-6-15(12)21-16(24)11-23-17(25)19(2,22-18(23)26)13-7-9-14(20)10-8-13/h3-10H,11H2,1-2H3,(H,21,24)(H,22,26). The summed E-state index contributed by atoms with van der Waals surface area (Å²) in [6.45, 7) is 3.11. The lowest BCUT2D eigenvalue weighted by Crippen LogP contribution is -2.42. The van der Waals surface area contributed by atoms with E-state index in [0.29, 0.717) is 16.3 Å². The zero-order chi connectivity index (χ0) is 18.9. The summed E-state index contributed by atoms with van der Waals surface area (Å²) >= 11 is 5.88. The van der Waals surface area contributed by atoms with Gasteiger partial charge in [-0.3, -0.25) is 14.5 Å². The predicted molar refractivity (Wildman–Crippen MR) is 98.9 cm³/mol. The zero-order valence-electron chi connectivity index (χ0n) is 14.4. The van der Waals surface area contributed by atoms with Crippen LogP contribution >= 0.6 is 11.6 Å². The van der Waals surface area contributed by atoms with Crippen LogP contribution in [0.2, 0.25) is 5.02 Å². The Hall–Kier alpha value is -2.86. The summed E-state index contributed by atoms with van der Waals surface area (Å²) in [5.74, 6) is -0.923. The number of aryl methyl sites for hydroxylation is 1. The van der Waals surface area contributed by atoms with Gasteiger partial charge < -0.3 is 10.6 Å². The number of hydrogen-bond donors (Lipinski definition) is 2. The Bertz CT molecular complexity index is 882. The molecule has 134 valence electrons. The number of para-hydroxylation sites is 1. The lowest BCUT2D eigenvalue weighted by molar-refractivity contribution is -0.133. The third-order valence-corrected chi connectivity index (χ3v) is 4.67. The Morgan fingerprint density at radius 2 is 1.81 bits per heavy atom. The first-order valence-electron chi connectivity index (χ1n) is 8.07. The number of nitrogens with one attached hydrogen (secondary N) is 2. The molecule has 7 heteroatoms. The number of carbonyl (C=O) groups excluding carboxylic acids is 3. The van der Waals surface area contributed by atoms with Gasteiger partial charge in [-0.15, -0.1) is 0 Å². The Balaban J connectivity index is 1.76. The summed E-state index contributed by atoms with van der Waals surface area (Å²) in [6, 6.07) is 13.3. The highest BCUT2D eigenvalue weighted by molar-refractivity contribution is 6.30. The van der Waals surface area contributed by atoms with E-state index in [0.717, 1.165) is 10.5 Å². The van der Waals surface area contributed by atoms with Crippen LogP contribution in [0.25, 0.3) is 0 Å². The molecule has 0 aromatic heterocycles. The van der Waals surface area contributed by atoms with Gasteiger partial charge in [0.2, 0.25) is 5.91 Å². The lowest BCUT2D eigenvalue weighted by Gasteiger charge is -2.22. The van der Waals surface area contributed by atoms with Gasteiger partial charge in [-0.05, 0) is 43.2 Å². The van der Waals surface area contributed by atoms with E-state index >= 15 is 0 Å². The SMILES string of the molecule is Cc1ccccc1NC(=O)CN1C(=O)NC(C)(c2ccc(Cl)cc2)C1=O. The summed E-state index contributed by atoms with van der Waals surface area (Å²) in [7, 11) is 0. The maximum atomic E-state index is 12.8. The third kappa shape index (κ3) is 3.28. The van der Waals surface area contributed by atoms with E-state index in [2.05, 4.69) is 10.6 Å². The normalized spacial score (nSPS) is 19.4. The molecular formula is C19H18ClN3O3. The number of nitrogens with zero attached hydrogens (tertiary/aromatic N) is 1.